The number of benzene rings is 1. The van der Waals surface area contributed by atoms with Gasteiger partial charge in [-0.3, -0.25) is 0 Å². The fourth-order valence-electron chi connectivity index (χ4n) is 1.63. The van der Waals surface area contributed by atoms with Gasteiger partial charge in [0.25, 0.3) is 0 Å². The van der Waals surface area contributed by atoms with E-state index in [9.17, 15) is 0 Å². The summed E-state index contributed by atoms with van der Waals surface area (Å²) in [6, 6.07) is 3.65. The summed E-state index contributed by atoms with van der Waals surface area (Å²) in [5.41, 5.74) is 0.842. The highest BCUT2D eigenvalue weighted by molar-refractivity contribution is 5.63. The zero-order chi connectivity index (χ0) is 13.5. The third-order valence-corrected chi connectivity index (χ3v) is 2.62. The van der Waals surface area contributed by atoms with Crippen LogP contribution >= 0.6 is 0 Å². The Morgan fingerprint density at radius 3 is 2.06 bits per heavy atom. The van der Waals surface area contributed by atoms with Crippen LogP contribution in [0.25, 0.3) is 0 Å². The lowest BCUT2D eigenvalue weighted by Gasteiger charge is -2.17. The third-order valence-electron chi connectivity index (χ3n) is 2.62. The van der Waals surface area contributed by atoms with E-state index in [4.69, 9.17) is 20.6 Å². The molecule has 1 unspecified atom stereocenters. The molecule has 0 aliphatic rings. The van der Waals surface area contributed by atoms with Gasteiger partial charge >= 0.3 is 0 Å². The third kappa shape index (κ3) is 3.01. The van der Waals surface area contributed by atoms with Crippen LogP contribution in [-0.4, -0.2) is 27.4 Å². The van der Waals surface area contributed by atoms with E-state index >= 15 is 0 Å². The normalized spacial score (nSPS) is 11.3. The van der Waals surface area contributed by atoms with Gasteiger partial charge in [-0.25, -0.2) is 0 Å². The van der Waals surface area contributed by atoms with Crippen LogP contribution in [0.2, 0.25) is 0 Å². The Bertz CT molecular complexity index is 412. The number of terminal acetylenes is 1. The average molecular weight is 249 g/mol. The van der Waals surface area contributed by atoms with E-state index in [-0.39, 0.29) is 6.04 Å². The Balaban J connectivity index is 3.11. The van der Waals surface area contributed by atoms with Crippen LogP contribution in [0.5, 0.6) is 17.2 Å². The first-order valence-electron chi connectivity index (χ1n) is 5.72. The first kappa shape index (κ1) is 14.0. The minimum atomic E-state index is -0.0205. The summed E-state index contributed by atoms with van der Waals surface area (Å²) in [7, 11) is 4.74. The lowest BCUT2D eigenvalue weighted by atomic mass is 10.2. The lowest BCUT2D eigenvalue weighted by molar-refractivity contribution is 0.324. The minimum absolute atomic E-state index is 0.0205. The molecular weight excluding hydrogens is 230 g/mol. The number of hydrogen-bond acceptors (Lipinski definition) is 4. The van der Waals surface area contributed by atoms with Crippen molar-refractivity contribution in [3.8, 4) is 29.6 Å². The van der Waals surface area contributed by atoms with Crippen LogP contribution in [0.4, 0.5) is 5.69 Å². The van der Waals surface area contributed by atoms with Crippen LogP contribution in [-0.2, 0) is 0 Å². The van der Waals surface area contributed by atoms with Gasteiger partial charge in [-0.2, -0.15) is 0 Å². The highest BCUT2D eigenvalue weighted by Gasteiger charge is 2.14. The molecule has 0 heterocycles. The molecule has 1 rings (SSSR count). The molecule has 0 radical (unpaired) electrons. The molecule has 4 heteroatoms. The molecular formula is C14H19NO3. The van der Waals surface area contributed by atoms with E-state index in [1.54, 1.807) is 21.3 Å². The molecule has 1 N–H and O–H groups in total. The summed E-state index contributed by atoms with van der Waals surface area (Å²) < 4.78 is 15.8. The molecule has 98 valence electrons. The van der Waals surface area contributed by atoms with Gasteiger partial charge in [0.1, 0.15) is 0 Å². The topological polar surface area (TPSA) is 39.7 Å². The lowest BCUT2D eigenvalue weighted by Crippen LogP contribution is -2.15. The Morgan fingerprint density at radius 1 is 1.17 bits per heavy atom. The van der Waals surface area contributed by atoms with Gasteiger partial charge < -0.3 is 19.5 Å². The maximum Gasteiger partial charge on any atom is 0.203 e. The Hall–Kier alpha value is -2.02. The van der Waals surface area contributed by atoms with Crippen molar-refractivity contribution in [3.63, 3.8) is 0 Å². The molecule has 0 aromatic heterocycles. The zero-order valence-corrected chi connectivity index (χ0v) is 11.2. The monoisotopic (exact) mass is 249 g/mol. The van der Waals surface area contributed by atoms with Crippen molar-refractivity contribution in [2.75, 3.05) is 26.6 Å². The van der Waals surface area contributed by atoms with Crippen molar-refractivity contribution in [1.29, 1.82) is 0 Å². The SMILES string of the molecule is C#CC(CC)Nc1cc(OC)c(OC)c(OC)c1. The van der Waals surface area contributed by atoms with E-state index in [0.717, 1.165) is 12.1 Å². The molecule has 0 saturated heterocycles. The molecule has 0 aliphatic carbocycles. The van der Waals surface area contributed by atoms with Crippen LogP contribution in [0.3, 0.4) is 0 Å². The maximum absolute atomic E-state index is 5.43. The summed E-state index contributed by atoms with van der Waals surface area (Å²) in [4.78, 5) is 0. The van der Waals surface area contributed by atoms with E-state index in [1.165, 1.54) is 0 Å². The van der Waals surface area contributed by atoms with Crippen molar-refractivity contribution < 1.29 is 14.2 Å². The average Bonchev–Trinajstić information content (AvgIpc) is 2.43. The highest BCUT2D eigenvalue weighted by Crippen LogP contribution is 2.40. The van der Waals surface area contributed by atoms with Gasteiger partial charge in [0, 0.05) is 17.8 Å². The van der Waals surface area contributed by atoms with Gasteiger partial charge in [-0.15, -0.1) is 6.42 Å². The summed E-state index contributed by atoms with van der Waals surface area (Å²) in [6.45, 7) is 2.02. The van der Waals surface area contributed by atoms with Crippen molar-refractivity contribution in [2.45, 2.75) is 19.4 Å². The number of methoxy groups -OCH3 is 3. The Labute approximate surface area is 108 Å². The highest BCUT2D eigenvalue weighted by atomic mass is 16.5. The molecule has 1 aromatic carbocycles. The van der Waals surface area contributed by atoms with Crippen molar-refractivity contribution in [3.05, 3.63) is 12.1 Å². The fourth-order valence-corrected chi connectivity index (χ4v) is 1.63. The summed E-state index contributed by atoms with van der Waals surface area (Å²) in [5.74, 6) is 4.45. The predicted molar refractivity (Wildman–Crippen MR) is 72.6 cm³/mol. The first-order chi connectivity index (χ1) is 8.69. The number of nitrogens with one attached hydrogen (secondary N) is 1. The van der Waals surface area contributed by atoms with Crippen LogP contribution < -0.4 is 19.5 Å². The van der Waals surface area contributed by atoms with Crippen LogP contribution in [0.1, 0.15) is 13.3 Å². The van der Waals surface area contributed by atoms with Gasteiger partial charge in [0.05, 0.1) is 27.4 Å². The van der Waals surface area contributed by atoms with Crippen LogP contribution in [0.15, 0.2) is 12.1 Å². The molecule has 0 bridgehead atoms. The quantitative estimate of drug-likeness (QED) is 0.786. The summed E-state index contributed by atoms with van der Waals surface area (Å²) >= 11 is 0. The molecule has 1 atom stereocenters. The van der Waals surface area contributed by atoms with Crippen molar-refractivity contribution in [2.24, 2.45) is 0 Å². The summed E-state index contributed by atoms with van der Waals surface area (Å²) in [5, 5.41) is 3.23. The molecule has 0 saturated carbocycles. The summed E-state index contributed by atoms with van der Waals surface area (Å²) in [6.07, 6.45) is 6.27. The van der Waals surface area contributed by atoms with E-state index in [0.29, 0.717) is 17.2 Å². The standard InChI is InChI=1S/C14H19NO3/c1-6-10(7-2)15-11-8-12(16-3)14(18-5)13(9-11)17-4/h1,8-10,15H,7H2,2-5H3. The molecule has 0 spiro atoms. The van der Waals surface area contributed by atoms with Gasteiger partial charge in [0.2, 0.25) is 5.75 Å². The largest absolute Gasteiger partial charge is 0.493 e. The number of rotatable bonds is 6. The van der Waals surface area contributed by atoms with E-state index < -0.39 is 0 Å². The van der Waals surface area contributed by atoms with Crippen LogP contribution in [0, 0.1) is 12.3 Å². The predicted octanol–water partition coefficient (Wildman–Crippen LogP) is 2.54. The van der Waals surface area contributed by atoms with E-state index in [1.807, 2.05) is 19.1 Å². The molecule has 0 amide bonds. The molecule has 18 heavy (non-hydrogen) atoms. The van der Waals surface area contributed by atoms with Crippen molar-refractivity contribution in [1.82, 2.24) is 0 Å². The van der Waals surface area contributed by atoms with Gasteiger partial charge in [-0.05, 0) is 6.42 Å². The second kappa shape index (κ2) is 6.65. The number of hydrogen-bond donors (Lipinski definition) is 1. The van der Waals surface area contributed by atoms with Gasteiger partial charge in [0.15, 0.2) is 11.5 Å². The molecule has 4 nitrogen and oxygen atoms in total. The van der Waals surface area contributed by atoms with E-state index in [2.05, 4.69) is 11.2 Å². The second-order valence-corrected chi connectivity index (χ2v) is 3.69. The maximum atomic E-state index is 5.43. The number of ether oxygens (including phenoxy) is 3. The Morgan fingerprint density at radius 2 is 1.72 bits per heavy atom. The Kier molecular flexibility index (Phi) is 5.19. The van der Waals surface area contributed by atoms with Crippen molar-refractivity contribution >= 4 is 5.69 Å². The fraction of sp³-hybridized carbons (Fsp3) is 0.429. The second-order valence-electron chi connectivity index (χ2n) is 3.69. The molecule has 0 aliphatic heterocycles. The zero-order valence-electron chi connectivity index (χ0n) is 11.2. The smallest absolute Gasteiger partial charge is 0.203 e. The molecule has 0 fully saturated rings. The molecule has 1 aromatic rings. The first-order valence-corrected chi connectivity index (χ1v) is 5.72. The number of anilines is 1. The van der Waals surface area contributed by atoms with Gasteiger partial charge in [-0.1, -0.05) is 12.8 Å². The minimum Gasteiger partial charge on any atom is -0.493 e.